The number of hydrogen-bond donors (Lipinski definition) is 1. The molecular formula is C18H31NO. The van der Waals surface area contributed by atoms with Crippen LogP contribution in [0.1, 0.15) is 45.7 Å². The van der Waals surface area contributed by atoms with Crippen molar-refractivity contribution >= 4 is 0 Å². The van der Waals surface area contributed by atoms with Crippen LogP contribution in [0.3, 0.4) is 0 Å². The molecule has 0 aliphatic rings. The molecule has 2 heteroatoms. The van der Waals surface area contributed by atoms with E-state index in [0.717, 1.165) is 26.0 Å². The van der Waals surface area contributed by atoms with E-state index in [2.05, 4.69) is 64.2 Å². The Kier molecular flexibility index (Phi) is 7.86. The van der Waals surface area contributed by atoms with Gasteiger partial charge >= 0.3 is 0 Å². The number of aryl methyl sites for hydroxylation is 1. The van der Waals surface area contributed by atoms with E-state index in [4.69, 9.17) is 4.74 Å². The molecule has 0 amide bonds. The highest BCUT2D eigenvalue weighted by atomic mass is 16.5. The fraction of sp³-hybridized carbons (Fsp3) is 0.667. The second kappa shape index (κ2) is 9.15. The summed E-state index contributed by atoms with van der Waals surface area (Å²) in [5, 5.41) is 3.60. The topological polar surface area (TPSA) is 21.3 Å². The molecule has 0 saturated carbocycles. The zero-order chi connectivity index (χ0) is 15.0. The third-order valence-corrected chi connectivity index (χ3v) is 3.77. The molecule has 0 aliphatic carbocycles. The quantitative estimate of drug-likeness (QED) is 0.740. The molecule has 2 unspecified atom stereocenters. The molecule has 0 radical (unpaired) electrons. The van der Waals surface area contributed by atoms with Crippen molar-refractivity contribution in [2.75, 3.05) is 13.2 Å². The third-order valence-electron chi connectivity index (χ3n) is 3.77. The van der Waals surface area contributed by atoms with Gasteiger partial charge in [-0.3, -0.25) is 0 Å². The predicted octanol–water partition coefficient (Wildman–Crippen LogP) is 3.83. The number of nitrogens with one attached hydrogen (secondary N) is 1. The molecule has 0 spiro atoms. The van der Waals surface area contributed by atoms with Gasteiger partial charge in [0.1, 0.15) is 0 Å². The summed E-state index contributed by atoms with van der Waals surface area (Å²) in [6.07, 6.45) is 2.40. The highest BCUT2D eigenvalue weighted by Gasteiger charge is 2.24. The number of benzene rings is 1. The summed E-state index contributed by atoms with van der Waals surface area (Å²) < 4.78 is 5.97. The van der Waals surface area contributed by atoms with Crippen LogP contribution in [0.2, 0.25) is 0 Å². The van der Waals surface area contributed by atoms with Crippen LogP contribution in [-0.4, -0.2) is 25.3 Å². The summed E-state index contributed by atoms with van der Waals surface area (Å²) in [6.45, 7) is 12.7. The molecule has 1 aromatic rings. The first-order valence-electron chi connectivity index (χ1n) is 8.05. The number of ether oxygens (including phenoxy) is 1. The predicted molar refractivity (Wildman–Crippen MR) is 87.2 cm³/mol. The number of rotatable bonds is 9. The lowest BCUT2D eigenvalue weighted by atomic mass is 9.93. The minimum atomic E-state index is 0.269. The summed E-state index contributed by atoms with van der Waals surface area (Å²) in [5.41, 5.74) is 2.79. The van der Waals surface area contributed by atoms with Crippen LogP contribution >= 0.6 is 0 Å². The van der Waals surface area contributed by atoms with Crippen molar-refractivity contribution < 1.29 is 4.74 Å². The van der Waals surface area contributed by atoms with Gasteiger partial charge in [-0.05, 0) is 43.4 Å². The molecule has 2 nitrogen and oxygen atoms in total. The van der Waals surface area contributed by atoms with Gasteiger partial charge in [-0.25, -0.2) is 0 Å². The lowest BCUT2D eigenvalue weighted by Gasteiger charge is -2.31. The minimum absolute atomic E-state index is 0.269. The first-order valence-corrected chi connectivity index (χ1v) is 8.05. The van der Waals surface area contributed by atoms with Gasteiger partial charge in [0.2, 0.25) is 0 Å². The van der Waals surface area contributed by atoms with Crippen LogP contribution in [0.15, 0.2) is 24.3 Å². The molecule has 2 atom stereocenters. The molecule has 0 bridgehead atoms. The van der Waals surface area contributed by atoms with E-state index >= 15 is 0 Å². The van der Waals surface area contributed by atoms with E-state index in [1.54, 1.807) is 0 Å². The van der Waals surface area contributed by atoms with Crippen LogP contribution in [0.4, 0.5) is 0 Å². The Balaban J connectivity index is 2.78. The van der Waals surface area contributed by atoms with Crippen molar-refractivity contribution in [3.05, 3.63) is 35.4 Å². The van der Waals surface area contributed by atoms with E-state index in [1.807, 2.05) is 0 Å². The van der Waals surface area contributed by atoms with Crippen molar-refractivity contribution in [2.24, 2.45) is 5.92 Å². The summed E-state index contributed by atoms with van der Waals surface area (Å²) in [7, 11) is 0. The summed E-state index contributed by atoms with van der Waals surface area (Å²) in [6, 6.07) is 9.37. The molecule has 0 fully saturated rings. The maximum atomic E-state index is 5.97. The fourth-order valence-electron chi connectivity index (χ4n) is 2.70. The second-order valence-electron chi connectivity index (χ2n) is 5.70. The van der Waals surface area contributed by atoms with Crippen LogP contribution in [-0.2, 0) is 17.6 Å². The molecule has 0 aliphatic heterocycles. The minimum Gasteiger partial charge on any atom is -0.377 e. The highest BCUT2D eigenvalue weighted by molar-refractivity contribution is 5.23. The molecule has 1 N–H and O–H groups in total. The third kappa shape index (κ3) is 5.26. The van der Waals surface area contributed by atoms with Crippen molar-refractivity contribution in [1.29, 1.82) is 0 Å². The summed E-state index contributed by atoms with van der Waals surface area (Å²) in [4.78, 5) is 0. The Morgan fingerprint density at radius 1 is 1.00 bits per heavy atom. The van der Waals surface area contributed by atoms with E-state index in [0.29, 0.717) is 12.0 Å². The molecule has 1 rings (SSSR count). The maximum absolute atomic E-state index is 5.97. The molecule has 0 heterocycles. The second-order valence-corrected chi connectivity index (χ2v) is 5.70. The van der Waals surface area contributed by atoms with E-state index in [-0.39, 0.29) is 6.10 Å². The monoisotopic (exact) mass is 277 g/mol. The van der Waals surface area contributed by atoms with Crippen LogP contribution in [0, 0.1) is 5.92 Å². The van der Waals surface area contributed by atoms with Gasteiger partial charge in [0.25, 0.3) is 0 Å². The molecular weight excluding hydrogens is 246 g/mol. The summed E-state index contributed by atoms with van der Waals surface area (Å²) >= 11 is 0. The molecule has 114 valence electrons. The molecule has 0 aromatic heterocycles. The average molecular weight is 277 g/mol. The Morgan fingerprint density at radius 2 is 1.60 bits per heavy atom. The van der Waals surface area contributed by atoms with Gasteiger partial charge in [-0.15, -0.1) is 0 Å². The maximum Gasteiger partial charge on any atom is 0.0753 e. The van der Waals surface area contributed by atoms with Gasteiger partial charge in [-0.1, -0.05) is 52.0 Å². The first-order chi connectivity index (χ1) is 9.62. The molecule has 0 saturated heterocycles. The standard InChI is InChI=1S/C18H31NO/c1-6-15-9-11-16(12-10-15)13-17(19-7-2)18(14(4)5)20-8-3/h9-12,14,17-19H,6-8,13H2,1-5H3. The van der Waals surface area contributed by atoms with Gasteiger partial charge in [0, 0.05) is 12.6 Å². The van der Waals surface area contributed by atoms with Crippen LogP contribution in [0.25, 0.3) is 0 Å². The van der Waals surface area contributed by atoms with Crippen molar-refractivity contribution in [3.63, 3.8) is 0 Å². The molecule has 20 heavy (non-hydrogen) atoms. The van der Waals surface area contributed by atoms with Gasteiger partial charge < -0.3 is 10.1 Å². The Hall–Kier alpha value is -0.860. The highest BCUT2D eigenvalue weighted by Crippen LogP contribution is 2.16. The van der Waals surface area contributed by atoms with Crippen molar-refractivity contribution in [1.82, 2.24) is 5.32 Å². The first kappa shape index (κ1) is 17.2. The summed E-state index contributed by atoms with van der Waals surface area (Å²) in [5.74, 6) is 0.522. The lowest BCUT2D eigenvalue weighted by Crippen LogP contribution is -2.45. The Labute approximate surface area is 124 Å². The van der Waals surface area contributed by atoms with Gasteiger partial charge in [0.05, 0.1) is 6.10 Å². The number of hydrogen-bond acceptors (Lipinski definition) is 2. The largest absolute Gasteiger partial charge is 0.377 e. The smallest absolute Gasteiger partial charge is 0.0753 e. The zero-order valence-corrected chi connectivity index (χ0v) is 13.8. The normalized spacial score (nSPS) is 14.5. The van der Waals surface area contributed by atoms with Crippen molar-refractivity contribution in [2.45, 2.75) is 59.6 Å². The fourth-order valence-corrected chi connectivity index (χ4v) is 2.70. The van der Waals surface area contributed by atoms with Crippen LogP contribution in [0.5, 0.6) is 0 Å². The number of likely N-dealkylation sites (N-methyl/N-ethyl adjacent to an activating group) is 1. The average Bonchev–Trinajstić information content (AvgIpc) is 2.45. The van der Waals surface area contributed by atoms with Gasteiger partial charge in [-0.2, -0.15) is 0 Å². The van der Waals surface area contributed by atoms with Crippen molar-refractivity contribution in [3.8, 4) is 0 Å². The van der Waals surface area contributed by atoms with Crippen LogP contribution < -0.4 is 5.32 Å². The Bertz CT molecular complexity index is 358. The van der Waals surface area contributed by atoms with E-state index in [1.165, 1.54) is 11.1 Å². The lowest BCUT2D eigenvalue weighted by molar-refractivity contribution is 0.00395. The van der Waals surface area contributed by atoms with E-state index < -0.39 is 0 Å². The zero-order valence-electron chi connectivity index (χ0n) is 13.8. The van der Waals surface area contributed by atoms with E-state index in [9.17, 15) is 0 Å². The Morgan fingerprint density at radius 3 is 2.05 bits per heavy atom. The SMILES string of the molecule is CCNC(Cc1ccc(CC)cc1)C(OCC)C(C)C. The molecule has 1 aromatic carbocycles. The van der Waals surface area contributed by atoms with Gasteiger partial charge in [0.15, 0.2) is 0 Å².